The summed E-state index contributed by atoms with van der Waals surface area (Å²) in [6.45, 7) is 16.2. The van der Waals surface area contributed by atoms with E-state index in [-0.39, 0.29) is 0 Å². The maximum absolute atomic E-state index is 5.74. The second kappa shape index (κ2) is 7.24. The summed E-state index contributed by atoms with van der Waals surface area (Å²) in [7, 11) is 0. The van der Waals surface area contributed by atoms with E-state index in [0.717, 1.165) is 26.1 Å². The molecular formula is C13H29NO. The van der Waals surface area contributed by atoms with Crippen molar-refractivity contribution in [1.82, 2.24) is 5.32 Å². The van der Waals surface area contributed by atoms with E-state index in [0.29, 0.717) is 17.4 Å². The summed E-state index contributed by atoms with van der Waals surface area (Å²) in [4.78, 5) is 0. The first kappa shape index (κ1) is 14.9. The Hall–Kier alpha value is -0.0800. The van der Waals surface area contributed by atoms with Gasteiger partial charge in [0.15, 0.2) is 0 Å². The van der Waals surface area contributed by atoms with Gasteiger partial charge in [-0.15, -0.1) is 0 Å². The molecule has 1 atom stereocenters. The minimum Gasteiger partial charge on any atom is -0.377 e. The molecular weight excluding hydrogens is 186 g/mol. The minimum absolute atomic E-state index is 0.325. The van der Waals surface area contributed by atoms with Gasteiger partial charge < -0.3 is 10.1 Å². The minimum atomic E-state index is 0.325. The van der Waals surface area contributed by atoms with Crippen molar-refractivity contribution in [3.8, 4) is 0 Å². The molecule has 92 valence electrons. The van der Waals surface area contributed by atoms with Crippen LogP contribution in [0.15, 0.2) is 0 Å². The Bertz CT molecular complexity index is 149. The molecule has 0 aromatic rings. The van der Waals surface area contributed by atoms with E-state index in [1.54, 1.807) is 0 Å². The lowest BCUT2D eigenvalue weighted by Gasteiger charge is -2.20. The summed E-state index contributed by atoms with van der Waals surface area (Å²) in [6.07, 6.45) is 1.45. The van der Waals surface area contributed by atoms with Crippen LogP contribution in [0.4, 0.5) is 0 Å². The van der Waals surface area contributed by atoms with Crippen LogP contribution in [0.1, 0.15) is 48.0 Å². The lowest BCUT2D eigenvalue weighted by molar-refractivity contribution is 0.0489. The second-order valence-corrected chi connectivity index (χ2v) is 6.04. The molecule has 0 aliphatic carbocycles. The molecule has 0 bridgehead atoms. The molecule has 0 saturated carbocycles. The first-order valence-corrected chi connectivity index (χ1v) is 6.13. The summed E-state index contributed by atoms with van der Waals surface area (Å²) in [5.41, 5.74) is 0.380. The zero-order chi connectivity index (χ0) is 11.9. The third-order valence-electron chi connectivity index (χ3n) is 2.24. The molecule has 1 N–H and O–H groups in total. The molecule has 0 saturated heterocycles. The fraction of sp³-hybridized carbons (Fsp3) is 1.00. The van der Waals surface area contributed by atoms with Gasteiger partial charge in [-0.3, -0.25) is 0 Å². The molecule has 0 amide bonds. The number of nitrogens with one attached hydrogen (secondary N) is 1. The van der Waals surface area contributed by atoms with Crippen LogP contribution in [0.2, 0.25) is 0 Å². The molecule has 0 aromatic heterocycles. The van der Waals surface area contributed by atoms with Crippen LogP contribution >= 0.6 is 0 Å². The van der Waals surface area contributed by atoms with Crippen molar-refractivity contribution in [1.29, 1.82) is 0 Å². The Morgan fingerprint density at radius 3 is 2.13 bits per heavy atom. The van der Waals surface area contributed by atoms with Crippen LogP contribution < -0.4 is 5.32 Å². The molecule has 0 fully saturated rings. The fourth-order valence-electron chi connectivity index (χ4n) is 1.20. The monoisotopic (exact) mass is 215 g/mol. The Labute approximate surface area is 95.8 Å². The van der Waals surface area contributed by atoms with Crippen LogP contribution in [-0.2, 0) is 4.74 Å². The Morgan fingerprint density at radius 2 is 1.67 bits per heavy atom. The summed E-state index contributed by atoms with van der Waals surface area (Å²) < 4.78 is 5.74. The maximum Gasteiger partial charge on any atom is 0.0671 e. The van der Waals surface area contributed by atoms with Crippen molar-refractivity contribution in [3.63, 3.8) is 0 Å². The Kier molecular flexibility index (Phi) is 7.20. The largest absolute Gasteiger partial charge is 0.377 e. The Balaban J connectivity index is 3.37. The van der Waals surface area contributed by atoms with Gasteiger partial charge in [-0.2, -0.15) is 0 Å². The highest BCUT2D eigenvalue weighted by molar-refractivity contribution is 4.62. The zero-order valence-electron chi connectivity index (χ0n) is 11.4. The lowest BCUT2D eigenvalue weighted by atomic mass is 9.93. The van der Waals surface area contributed by atoms with Gasteiger partial charge in [0.2, 0.25) is 0 Å². The normalized spacial score (nSPS) is 14.6. The van der Waals surface area contributed by atoms with Crippen molar-refractivity contribution in [3.05, 3.63) is 0 Å². The van der Waals surface area contributed by atoms with E-state index in [2.05, 4.69) is 46.9 Å². The molecule has 0 spiro atoms. The van der Waals surface area contributed by atoms with E-state index in [1.807, 2.05) is 0 Å². The van der Waals surface area contributed by atoms with Crippen molar-refractivity contribution in [2.45, 2.75) is 54.1 Å². The van der Waals surface area contributed by atoms with Crippen molar-refractivity contribution in [2.24, 2.45) is 11.3 Å². The van der Waals surface area contributed by atoms with Gasteiger partial charge in [-0.25, -0.2) is 0 Å². The van der Waals surface area contributed by atoms with Crippen molar-refractivity contribution in [2.75, 3.05) is 19.7 Å². The standard InChI is InChI=1S/C13H29NO/c1-11(2)9-14-10-12(3)15-8-7-13(4,5)6/h11-12,14H,7-10H2,1-6H3. The van der Waals surface area contributed by atoms with Crippen LogP contribution in [0.3, 0.4) is 0 Å². The first-order chi connectivity index (χ1) is 6.81. The highest BCUT2D eigenvalue weighted by atomic mass is 16.5. The molecule has 0 heterocycles. The van der Waals surface area contributed by atoms with Crippen LogP contribution in [0.5, 0.6) is 0 Å². The maximum atomic E-state index is 5.74. The van der Waals surface area contributed by atoms with Crippen molar-refractivity contribution < 1.29 is 4.74 Å². The molecule has 0 rings (SSSR count). The third-order valence-corrected chi connectivity index (χ3v) is 2.24. The van der Waals surface area contributed by atoms with Gasteiger partial charge in [0.05, 0.1) is 6.10 Å². The highest BCUT2D eigenvalue weighted by Gasteiger charge is 2.10. The molecule has 0 aromatic carbocycles. The zero-order valence-corrected chi connectivity index (χ0v) is 11.4. The van der Waals surface area contributed by atoms with E-state index in [1.165, 1.54) is 0 Å². The first-order valence-electron chi connectivity index (χ1n) is 6.13. The van der Waals surface area contributed by atoms with Gasteiger partial charge in [0.1, 0.15) is 0 Å². The van der Waals surface area contributed by atoms with Gasteiger partial charge in [-0.1, -0.05) is 34.6 Å². The van der Waals surface area contributed by atoms with Crippen LogP contribution in [0, 0.1) is 11.3 Å². The number of ether oxygens (including phenoxy) is 1. The SMILES string of the molecule is CC(C)CNCC(C)OCCC(C)(C)C. The molecule has 0 radical (unpaired) electrons. The lowest BCUT2D eigenvalue weighted by Crippen LogP contribution is -2.30. The quantitative estimate of drug-likeness (QED) is 0.704. The number of hydrogen-bond acceptors (Lipinski definition) is 2. The second-order valence-electron chi connectivity index (χ2n) is 6.04. The van der Waals surface area contributed by atoms with E-state index in [9.17, 15) is 0 Å². The molecule has 0 aliphatic heterocycles. The molecule has 0 aliphatic rings. The average molecular weight is 215 g/mol. The highest BCUT2D eigenvalue weighted by Crippen LogP contribution is 2.18. The average Bonchev–Trinajstić information content (AvgIpc) is 2.00. The van der Waals surface area contributed by atoms with E-state index in [4.69, 9.17) is 4.74 Å². The smallest absolute Gasteiger partial charge is 0.0671 e. The summed E-state index contributed by atoms with van der Waals surface area (Å²) in [6, 6.07) is 0. The fourth-order valence-corrected chi connectivity index (χ4v) is 1.20. The van der Waals surface area contributed by atoms with Crippen molar-refractivity contribution >= 4 is 0 Å². The topological polar surface area (TPSA) is 21.3 Å². The van der Waals surface area contributed by atoms with E-state index >= 15 is 0 Å². The molecule has 1 unspecified atom stereocenters. The molecule has 2 nitrogen and oxygen atoms in total. The van der Waals surface area contributed by atoms with Crippen LogP contribution in [-0.4, -0.2) is 25.8 Å². The number of hydrogen-bond donors (Lipinski definition) is 1. The van der Waals surface area contributed by atoms with Gasteiger partial charge >= 0.3 is 0 Å². The summed E-state index contributed by atoms with van der Waals surface area (Å²) in [5, 5.41) is 3.41. The van der Waals surface area contributed by atoms with Crippen LogP contribution in [0.25, 0.3) is 0 Å². The predicted molar refractivity (Wildman–Crippen MR) is 67.2 cm³/mol. The predicted octanol–water partition coefficient (Wildman–Crippen LogP) is 3.07. The molecule has 15 heavy (non-hydrogen) atoms. The Morgan fingerprint density at radius 1 is 1.07 bits per heavy atom. The number of rotatable bonds is 7. The van der Waals surface area contributed by atoms with Gasteiger partial charge in [0.25, 0.3) is 0 Å². The molecule has 2 heteroatoms. The third kappa shape index (κ3) is 11.8. The van der Waals surface area contributed by atoms with Gasteiger partial charge in [0, 0.05) is 13.2 Å². The summed E-state index contributed by atoms with van der Waals surface area (Å²) >= 11 is 0. The van der Waals surface area contributed by atoms with Gasteiger partial charge in [-0.05, 0) is 31.2 Å². The summed E-state index contributed by atoms with van der Waals surface area (Å²) in [5.74, 6) is 0.715. The van der Waals surface area contributed by atoms with E-state index < -0.39 is 0 Å².